The summed E-state index contributed by atoms with van der Waals surface area (Å²) in [4.78, 5) is 37.6. The third-order valence-corrected chi connectivity index (χ3v) is 4.70. The fourth-order valence-corrected chi connectivity index (χ4v) is 3.35. The minimum absolute atomic E-state index is 0.0174. The molecule has 1 N–H and O–H groups in total. The summed E-state index contributed by atoms with van der Waals surface area (Å²) < 4.78 is 10.6. The number of amides is 2. The molecule has 1 heterocycles. The van der Waals surface area contributed by atoms with E-state index in [0.717, 1.165) is 25.7 Å². The summed E-state index contributed by atoms with van der Waals surface area (Å²) in [6.07, 6.45) is 3.63. The Hall–Kier alpha value is -2.57. The van der Waals surface area contributed by atoms with Crippen LogP contribution in [0.15, 0.2) is 24.3 Å². The molecule has 1 aromatic rings. The quantitative estimate of drug-likeness (QED) is 0.782. The van der Waals surface area contributed by atoms with Crippen LogP contribution < -0.4 is 15.0 Å². The molecule has 0 bridgehead atoms. The Morgan fingerprint density at radius 3 is 2.77 bits per heavy atom. The second kappa shape index (κ2) is 8.21. The second-order valence-electron chi connectivity index (χ2n) is 6.68. The zero-order valence-corrected chi connectivity index (χ0v) is 14.9. The lowest BCUT2D eigenvalue weighted by molar-refractivity contribution is -0.148. The predicted octanol–water partition coefficient (Wildman–Crippen LogP) is 1.79. The number of ether oxygens (including phenoxy) is 2. The van der Waals surface area contributed by atoms with E-state index in [1.807, 2.05) is 12.1 Å². The van der Waals surface area contributed by atoms with Gasteiger partial charge in [-0.1, -0.05) is 25.0 Å². The normalized spacial score (nSPS) is 19.7. The average molecular weight is 360 g/mol. The van der Waals surface area contributed by atoms with Crippen LogP contribution in [0.1, 0.15) is 39.0 Å². The SMILES string of the molecule is CC1Oc2ccccc2N(CCC(=O)OCC(=O)NC2CCCC2)C1=O. The maximum Gasteiger partial charge on any atom is 0.308 e. The van der Waals surface area contributed by atoms with Gasteiger partial charge >= 0.3 is 5.97 Å². The molecule has 2 aliphatic rings. The van der Waals surface area contributed by atoms with E-state index >= 15 is 0 Å². The number of nitrogens with one attached hydrogen (secondary N) is 1. The average Bonchev–Trinajstić information content (AvgIpc) is 3.13. The molecule has 140 valence electrons. The van der Waals surface area contributed by atoms with Crippen LogP contribution in [0.5, 0.6) is 5.75 Å². The van der Waals surface area contributed by atoms with Crippen LogP contribution in [0.25, 0.3) is 0 Å². The summed E-state index contributed by atoms with van der Waals surface area (Å²) in [6.45, 7) is 1.59. The topological polar surface area (TPSA) is 84.9 Å². The summed E-state index contributed by atoms with van der Waals surface area (Å²) >= 11 is 0. The van der Waals surface area contributed by atoms with E-state index in [2.05, 4.69) is 5.32 Å². The van der Waals surface area contributed by atoms with Gasteiger partial charge in [-0.3, -0.25) is 14.4 Å². The highest BCUT2D eigenvalue weighted by Crippen LogP contribution is 2.33. The molecular formula is C19H24N2O5. The van der Waals surface area contributed by atoms with E-state index in [-0.39, 0.29) is 37.4 Å². The summed E-state index contributed by atoms with van der Waals surface area (Å²) in [7, 11) is 0. The number of para-hydroxylation sites is 2. The van der Waals surface area contributed by atoms with Gasteiger partial charge in [-0.2, -0.15) is 0 Å². The van der Waals surface area contributed by atoms with Gasteiger partial charge in [0.05, 0.1) is 12.1 Å². The van der Waals surface area contributed by atoms with E-state index in [9.17, 15) is 14.4 Å². The van der Waals surface area contributed by atoms with Crippen molar-refractivity contribution in [2.45, 2.75) is 51.2 Å². The highest BCUT2D eigenvalue weighted by atomic mass is 16.5. The molecule has 1 saturated carbocycles. The first kappa shape index (κ1) is 18.2. The van der Waals surface area contributed by atoms with Crippen molar-refractivity contribution in [1.82, 2.24) is 5.32 Å². The Balaban J connectivity index is 1.48. The van der Waals surface area contributed by atoms with Gasteiger partial charge in [-0.05, 0) is 31.9 Å². The molecule has 2 amide bonds. The molecule has 0 spiro atoms. The Morgan fingerprint density at radius 2 is 2.00 bits per heavy atom. The number of fused-ring (bicyclic) bond motifs is 1. The van der Waals surface area contributed by atoms with Crippen LogP contribution >= 0.6 is 0 Å². The van der Waals surface area contributed by atoms with Crippen molar-refractivity contribution in [3.8, 4) is 5.75 Å². The van der Waals surface area contributed by atoms with E-state index in [1.54, 1.807) is 19.1 Å². The maximum absolute atomic E-state index is 12.3. The smallest absolute Gasteiger partial charge is 0.308 e. The van der Waals surface area contributed by atoms with Gasteiger partial charge in [0.1, 0.15) is 5.75 Å². The van der Waals surface area contributed by atoms with Gasteiger partial charge < -0.3 is 19.7 Å². The number of carbonyl (C=O) groups is 3. The number of rotatable bonds is 6. The van der Waals surface area contributed by atoms with Crippen molar-refractivity contribution in [2.24, 2.45) is 0 Å². The largest absolute Gasteiger partial charge is 0.479 e. The van der Waals surface area contributed by atoms with Crippen molar-refractivity contribution in [1.29, 1.82) is 0 Å². The zero-order chi connectivity index (χ0) is 18.5. The highest BCUT2D eigenvalue weighted by molar-refractivity contribution is 6.00. The van der Waals surface area contributed by atoms with Gasteiger partial charge in [0, 0.05) is 12.6 Å². The van der Waals surface area contributed by atoms with Crippen molar-refractivity contribution < 1.29 is 23.9 Å². The standard InChI is InChI=1S/C19H24N2O5/c1-13-19(24)21(15-8-4-5-9-16(15)26-13)11-10-18(23)25-12-17(22)20-14-6-2-3-7-14/h4-5,8-9,13-14H,2-3,6-7,10-12H2,1H3,(H,20,22). The fourth-order valence-electron chi connectivity index (χ4n) is 3.35. The number of anilines is 1. The first-order chi connectivity index (χ1) is 12.5. The summed E-state index contributed by atoms with van der Waals surface area (Å²) in [5, 5.41) is 2.87. The van der Waals surface area contributed by atoms with Gasteiger partial charge in [0.25, 0.3) is 11.8 Å². The van der Waals surface area contributed by atoms with E-state index in [1.165, 1.54) is 4.90 Å². The van der Waals surface area contributed by atoms with Crippen LogP contribution in [0.3, 0.4) is 0 Å². The van der Waals surface area contributed by atoms with Gasteiger partial charge in [0.2, 0.25) is 0 Å². The molecule has 7 heteroatoms. The number of hydrogen-bond acceptors (Lipinski definition) is 5. The Kier molecular flexibility index (Phi) is 5.75. The summed E-state index contributed by atoms with van der Waals surface area (Å²) in [5.74, 6) is -0.359. The first-order valence-corrected chi connectivity index (χ1v) is 9.06. The number of hydrogen-bond donors (Lipinski definition) is 1. The molecule has 0 aromatic heterocycles. The Bertz CT molecular complexity index is 684. The molecule has 1 aromatic carbocycles. The highest BCUT2D eigenvalue weighted by Gasteiger charge is 2.31. The van der Waals surface area contributed by atoms with Crippen LogP contribution in [0.2, 0.25) is 0 Å². The molecule has 7 nitrogen and oxygen atoms in total. The molecule has 1 atom stereocenters. The van der Waals surface area contributed by atoms with Gasteiger partial charge in [0.15, 0.2) is 12.7 Å². The Morgan fingerprint density at radius 1 is 1.27 bits per heavy atom. The molecule has 26 heavy (non-hydrogen) atoms. The fraction of sp³-hybridized carbons (Fsp3) is 0.526. The molecule has 0 saturated heterocycles. The monoisotopic (exact) mass is 360 g/mol. The third kappa shape index (κ3) is 4.33. The molecular weight excluding hydrogens is 336 g/mol. The van der Waals surface area contributed by atoms with Crippen molar-refractivity contribution in [3.05, 3.63) is 24.3 Å². The first-order valence-electron chi connectivity index (χ1n) is 9.06. The zero-order valence-electron chi connectivity index (χ0n) is 14.9. The molecule has 1 unspecified atom stereocenters. The number of carbonyl (C=O) groups excluding carboxylic acids is 3. The minimum Gasteiger partial charge on any atom is -0.479 e. The third-order valence-electron chi connectivity index (χ3n) is 4.70. The van der Waals surface area contributed by atoms with Crippen molar-refractivity contribution >= 4 is 23.5 Å². The molecule has 0 radical (unpaired) electrons. The van der Waals surface area contributed by atoms with Crippen LogP contribution in [-0.4, -0.2) is 43.1 Å². The van der Waals surface area contributed by atoms with Crippen molar-refractivity contribution in [3.63, 3.8) is 0 Å². The van der Waals surface area contributed by atoms with E-state index < -0.39 is 12.1 Å². The minimum atomic E-state index is -0.599. The number of nitrogens with zero attached hydrogens (tertiary/aromatic N) is 1. The van der Waals surface area contributed by atoms with Crippen molar-refractivity contribution in [2.75, 3.05) is 18.1 Å². The van der Waals surface area contributed by atoms with Crippen LogP contribution in [0, 0.1) is 0 Å². The van der Waals surface area contributed by atoms with Crippen LogP contribution in [-0.2, 0) is 19.1 Å². The lowest BCUT2D eigenvalue weighted by Gasteiger charge is -2.32. The van der Waals surface area contributed by atoms with E-state index in [0.29, 0.717) is 11.4 Å². The molecule has 1 aliphatic heterocycles. The lowest BCUT2D eigenvalue weighted by atomic mass is 10.2. The summed E-state index contributed by atoms with van der Waals surface area (Å²) in [5.41, 5.74) is 0.641. The van der Waals surface area contributed by atoms with Crippen LogP contribution in [0.4, 0.5) is 5.69 Å². The number of esters is 1. The molecule has 1 fully saturated rings. The lowest BCUT2D eigenvalue weighted by Crippen LogP contribution is -2.45. The van der Waals surface area contributed by atoms with E-state index in [4.69, 9.17) is 9.47 Å². The summed E-state index contributed by atoms with van der Waals surface area (Å²) in [6, 6.07) is 7.40. The van der Waals surface area contributed by atoms with Gasteiger partial charge in [-0.25, -0.2) is 0 Å². The van der Waals surface area contributed by atoms with Gasteiger partial charge in [-0.15, -0.1) is 0 Å². The predicted molar refractivity (Wildman–Crippen MR) is 94.9 cm³/mol. The Labute approximate surface area is 152 Å². The molecule has 1 aliphatic carbocycles. The second-order valence-corrected chi connectivity index (χ2v) is 6.68. The maximum atomic E-state index is 12.3. The number of benzene rings is 1. The molecule has 3 rings (SSSR count).